The Kier molecular flexibility index (Phi) is 7.31. The van der Waals surface area contributed by atoms with Crippen molar-refractivity contribution in [2.45, 2.75) is 20.3 Å². The molecule has 0 aliphatic carbocycles. The lowest BCUT2D eigenvalue weighted by molar-refractivity contribution is -0.385. The van der Waals surface area contributed by atoms with E-state index in [4.69, 9.17) is 4.74 Å². The largest absolute Gasteiger partial charge is 0.381 e. The summed E-state index contributed by atoms with van der Waals surface area (Å²) in [4.78, 5) is 22.3. The lowest BCUT2D eigenvalue weighted by Gasteiger charge is -2.08. The SMILES string of the molecule is CC(C)COCCCNC(=O)c1cccc([N+](=O)[O-])c1Br. The predicted octanol–water partition coefficient (Wildman–Crippen LogP) is 3.15. The fourth-order valence-corrected chi connectivity index (χ4v) is 2.22. The normalized spacial score (nSPS) is 10.7. The van der Waals surface area contributed by atoms with Gasteiger partial charge < -0.3 is 10.1 Å². The van der Waals surface area contributed by atoms with E-state index in [0.717, 1.165) is 0 Å². The van der Waals surface area contributed by atoms with Gasteiger partial charge in [0.25, 0.3) is 11.6 Å². The van der Waals surface area contributed by atoms with Gasteiger partial charge in [0.2, 0.25) is 0 Å². The molecule has 0 fully saturated rings. The van der Waals surface area contributed by atoms with Crippen molar-refractivity contribution in [1.29, 1.82) is 0 Å². The van der Waals surface area contributed by atoms with E-state index >= 15 is 0 Å². The van der Waals surface area contributed by atoms with E-state index in [0.29, 0.717) is 32.1 Å². The van der Waals surface area contributed by atoms with Gasteiger partial charge in [0, 0.05) is 25.8 Å². The number of carbonyl (C=O) groups excluding carboxylic acids is 1. The zero-order valence-corrected chi connectivity index (χ0v) is 13.7. The lowest BCUT2D eigenvalue weighted by Crippen LogP contribution is -2.25. The molecule has 1 aromatic rings. The molecule has 116 valence electrons. The van der Waals surface area contributed by atoms with Crippen LogP contribution < -0.4 is 5.32 Å². The summed E-state index contributed by atoms with van der Waals surface area (Å²) in [6.45, 7) is 5.88. The highest BCUT2D eigenvalue weighted by molar-refractivity contribution is 9.10. The molecule has 0 saturated heterocycles. The molecule has 0 unspecified atom stereocenters. The van der Waals surface area contributed by atoms with Gasteiger partial charge in [-0.1, -0.05) is 19.9 Å². The Morgan fingerprint density at radius 3 is 2.81 bits per heavy atom. The van der Waals surface area contributed by atoms with Crippen LogP contribution in [0.2, 0.25) is 0 Å². The van der Waals surface area contributed by atoms with Crippen LogP contribution in [0.15, 0.2) is 22.7 Å². The molecular weight excluding hydrogens is 340 g/mol. The van der Waals surface area contributed by atoms with E-state index < -0.39 is 4.92 Å². The maximum absolute atomic E-state index is 12.0. The maximum atomic E-state index is 12.0. The number of hydrogen-bond acceptors (Lipinski definition) is 4. The molecule has 0 aromatic heterocycles. The van der Waals surface area contributed by atoms with Crippen molar-refractivity contribution in [1.82, 2.24) is 5.32 Å². The van der Waals surface area contributed by atoms with Gasteiger partial charge in [-0.25, -0.2) is 0 Å². The van der Waals surface area contributed by atoms with Crippen LogP contribution >= 0.6 is 15.9 Å². The smallest absolute Gasteiger partial charge is 0.284 e. The molecule has 0 atom stereocenters. The van der Waals surface area contributed by atoms with Gasteiger partial charge >= 0.3 is 0 Å². The minimum absolute atomic E-state index is 0.122. The van der Waals surface area contributed by atoms with Crippen LogP contribution in [0.1, 0.15) is 30.6 Å². The standard InChI is InChI=1S/C14H19BrN2O4/c1-10(2)9-21-8-4-7-16-14(18)11-5-3-6-12(13(11)15)17(19)20/h3,5-6,10H,4,7-9H2,1-2H3,(H,16,18). The van der Waals surface area contributed by atoms with Crippen molar-refractivity contribution in [2.24, 2.45) is 5.92 Å². The molecule has 7 heteroatoms. The molecule has 1 rings (SSSR count). The number of halogens is 1. The summed E-state index contributed by atoms with van der Waals surface area (Å²) in [6, 6.07) is 4.38. The van der Waals surface area contributed by atoms with Crippen LogP contribution in [0.25, 0.3) is 0 Å². The van der Waals surface area contributed by atoms with Crippen molar-refractivity contribution in [3.05, 3.63) is 38.3 Å². The number of rotatable bonds is 8. The summed E-state index contributed by atoms with van der Waals surface area (Å²) in [5.41, 5.74) is 0.134. The first-order valence-electron chi connectivity index (χ1n) is 6.72. The maximum Gasteiger partial charge on any atom is 0.284 e. The topological polar surface area (TPSA) is 81.5 Å². The van der Waals surface area contributed by atoms with Gasteiger partial charge in [-0.3, -0.25) is 14.9 Å². The van der Waals surface area contributed by atoms with E-state index in [2.05, 4.69) is 35.1 Å². The number of amides is 1. The second kappa shape index (κ2) is 8.74. The van der Waals surface area contributed by atoms with Gasteiger partial charge in [0.15, 0.2) is 0 Å². The second-order valence-corrected chi connectivity index (χ2v) is 5.77. The molecule has 0 bridgehead atoms. The van der Waals surface area contributed by atoms with Crippen LogP contribution in [0.5, 0.6) is 0 Å². The quantitative estimate of drug-likeness (QED) is 0.439. The molecule has 1 aromatic carbocycles. The number of nitrogens with zero attached hydrogens (tertiary/aromatic N) is 1. The van der Waals surface area contributed by atoms with E-state index in [1.54, 1.807) is 6.07 Å². The average Bonchev–Trinajstić information content (AvgIpc) is 2.42. The fraction of sp³-hybridized carbons (Fsp3) is 0.500. The van der Waals surface area contributed by atoms with Crippen molar-refractivity contribution < 1.29 is 14.5 Å². The highest BCUT2D eigenvalue weighted by Gasteiger charge is 2.18. The van der Waals surface area contributed by atoms with E-state index in [1.807, 2.05) is 0 Å². The number of ether oxygens (including phenoxy) is 1. The molecule has 6 nitrogen and oxygen atoms in total. The summed E-state index contributed by atoms with van der Waals surface area (Å²) in [7, 11) is 0. The van der Waals surface area contributed by atoms with E-state index in [-0.39, 0.29) is 21.6 Å². The van der Waals surface area contributed by atoms with Gasteiger partial charge in [-0.15, -0.1) is 0 Å². The van der Waals surface area contributed by atoms with Gasteiger partial charge in [-0.05, 0) is 34.3 Å². The highest BCUT2D eigenvalue weighted by atomic mass is 79.9. The fourth-order valence-electron chi connectivity index (χ4n) is 1.63. The van der Waals surface area contributed by atoms with Gasteiger partial charge in [-0.2, -0.15) is 0 Å². The number of benzene rings is 1. The third-order valence-electron chi connectivity index (χ3n) is 2.62. The van der Waals surface area contributed by atoms with Gasteiger partial charge in [0.05, 0.1) is 10.5 Å². The highest BCUT2D eigenvalue weighted by Crippen LogP contribution is 2.28. The Morgan fingerprint density at radius 2 is 2.19 bits per heavy atom. The first kappa shape index (κ1) is 17.6. The number of nitro groups is 1. The second-order valence-electron chi connectivity index (χ2n) is 4.97. The monoisotopic (exact) mass is 358 g/mol. The third kappa shape index (κ3) is 5.81. The zero-order valence-electron chi connectivity index (χ0n) is 12.1. The van der Waals surface area contributed by atoms with Crippen LogP contribution in [-0.4, -0.2) is 30.6 Å². The lowest BCUT2D eigenvalue weighted by atomic mass is 10.2. The molecule has 1 amide bonds. The van der Waals surface area contributed by atoms with Crippen LogP contribution in [0.4, 0.5) is 5.69 Å². The number of carbonyl (C=O) groups is 1. The summed E-state index contributed by atoms with van der Waals surface area (Å²) >= 11 is 3.11. The molecule has 0 aliphatic rings. The average molecular weight is 359 g/mol. The summed E-state index contributed by atoms with van der Waals surface area (Å²) in [6.07, 6.45) is 0.699. The predicted molar refractivity (Wildman–Crippen MR) is 83.4 cm³/mol. The minimum Gasteiger partial charge on any atom is -0.381 e. The van der Waals surface area contributed by atoms with E-state index in [1.165, 1.54) is 12.1 Å². The zero-order chi connectivity index (χ0) is 15.8. The Labute approximate surface area is 132 Å². The molecule has 0 heterocycles. The van der Waals surface area contributed by atoms with Crippen LogP contribution in [-0.2, 0) is 4.74 Å². The molecule has 0 spiro atoms. The minimum atomic E-state index is -0.527. The summed E-state index contributed by atoms with van der Waals surface area (Å²) in [5, 5.41) is 13.5. The number of nitrogens with one attached hydrogen (secondary N) is 1. The van der Waals surface area contributed by atoms with Crippen molar-refractivity contribution in [2.75, 3.05) is 19.8 Å². The molecule has 0 aliphatic heterocycles. The molecule has 1 N–H and O–H groups in total. The van der Waals surface area contributed by atoms with Crippen LogP contribution in [0, 0.1) is 16.0 Å². The molecule has 0 saturated carbocycles. The third-order valence-corrected chi connectivity index (χ3v) is 3.46. The van der Waals surface area contributed by atoms with Crippen LogP contribution in [0.3, 0.4) is 0 Å². The Hall–Kier alpha value is -1.47. The summed E-state index contributed by atoms with van der Waals surface area (Å²) in [5.74, 6) is 0.148. The molecule has 21 heavy (non-hydrogen) atoms. The van der Waals surface area contributed by atoms with Gasteiger partial charge in [0.1, 0.15) is 4.47 Å². The summed E-state index contributed by atoms with van der Waals surface area (Å²) < 4.78 is 5.60. The number of hydrogen-bond donors (Lipinski definition) is 1. The van der Waals surface area contributed by atoms with Crippen molar-refractivity contribution >= 4 is 27.5 Å². The Morgan fingerprint density at radius 1 is 1.48 bits per heavy atom. The van der Waals surface area contributed by atoms with E-state index in [9.17, 15) is 14.9 Å². The Balaban J connectivity index is 2.46. The first-order valence-corrected chi connectivity index (χ1v) is 7.51. The first-order chi connectivity index (χ1) is 9.93. The van der Waals surface area contributed by atoms with Crippen molar-refractivity contribution in [3.8, 4) is 0 Å². The number of nitro benzene ring substituents is 1. The molecular formula is C14H19BrN2O4. The molecule has 0 radical (unpaired) electrons. The van der Waals surface area contributed by atoms with Crippen molar-refractivity contribution in [3.63, 3.8) is 0 Å². The Bertz CT molecular complexity index is 506.